The molecule has 0 saturated heterocycles. The zero-order valence-corrected chi connectivity index (χ0v) is 13.8. The Morgan fingerprint density at radius 1 is 1.43 bits per heavy atom. The summed E-state index contributed by atoms with van der Waals surface area (Å²) in [7, 11) is 0. The molecule has 1 amide bonds. The molecule has 1 aromatic heterocycles. The van der Waals surface area contributed by atoms with Crippen molar-refractivity contribution in [1.82, 2.24) is 10.3 Å². The van der Waals surface area contributed by atoms with E-state index >= 15 is 0 Å². The van der Waals surface area contributed by atoms with E-state index in [9.17, 15) is 4.79 Å². The molecule has 0 unspecified atom stereocenters. The van der Waals surface area contributed by atoms with E-state index < -0.39 is 0 Å². The van der Waals surface area contributed by atoms with Crippen LogP contribution in [-0.4, -0.2) is 23.5 Å². The topological polar surface area (TPSA) is 80.0 Å². The highest BCUT2D eigenvalue weighted by atomic mass is 32.1. The third kappa shape index (κ3) is 4.88. The largest absolute Gasteiger partial charge is 0.382 e. The van der Waals surface area contributed by atoms with Crippen LogP contribution in [-0.2, 0) is 0 Å². The maximum atomic E-state index is 12.1. The monoisotopic (exact) mass is 310 g/mol. The van der Waals surface area contributed by atoms with Crippen molar-refractivity contribution in [2.24, 2.45) is 5.92 Å². The van der Waals surface area contributed by atoms with E-state index in [-0.39, 0.29) is 11.9 Å². The van der Waals surface area contributed by atoms with E-state index in [1.54, 1.807) is 0 Å². The standard InChI is InChI=1S/C15H26N4OS/c1-10(2)18-15-19-13(16)12(21-15)14(20)17-9-5-8-11-6-3-4-7-11/h10-11H,3-9,16H2,1-2H3,(H,17,20)(H,18,19). The van der Waals surface area contributed by atoms with E-state index in [1.807, 2.05) is 13.8 Å². The first-order valence-electron chi connectivity index (χ1n) is 7.87. The van der Waals surface area contributed by atoms with Crippen LogP contribution in [0.25, 0.3) is 0 Å². The van der Waals surface area contributed by atoms with Gasteiger partial charge < -0.3 is 16.4 Å². The minimum Gasteiger partial charge on any atom is -0.382 e. The summed E-state index contributed by atoms with van der Waals surface area (Å²) >= 11 is 1.32. The molecule has 0 bridgehead atoms. The third-order valence-electron chi connectivity index (χ3n) is 3.82. The SMILES string of the molecule is CC(C)Nc1nc(N)c(C(=O)NCCCC2CCCC2)s1. The molecular formula is C15H26N4OS. The molecule has 0 radical (unpaired) electrons. The van der Waals surface area contributed by atoms with Gasteiger partial charge in [-0.2, -0.15) is 0 Å². The van der Waals surface area contributed by atoms with Crippen LogP contribution >= 0.6 is 11.3 Å². The van der Waals surface area contributed by atoms with Gasteiger partial charge in [-0.3, -0.25) is 4.79 Å². The average Bonchev–Trinajstić information content (AvgIpc) is 3.03. The lowest BCUT2D eigenvalue weighted by atomic mass is 10.0. The van der Waals surface area contributed by atoms with E-state index in [2.05, 4.69) is 15.6 Å². The summed E-state index contributed by atoms with van der Waals surface area (Å²) in [5, 5.41) is 6.83. The summed E-state index contributed by atoms with van der Waals surface area (Å²) in [4.78, 5) is 16.8. The molecule has 1 fully saturated rings. The molecule has 1 heterocycles. The van der Waals surface area contributed by atoms with Gasteiger partial charge in [0.05, 0.1) is 0 Å². The van der Waals surface area contributed by atoms with Gasteiger partial charge in [-0.1, -0.05) is 37.0 Å². The van der Waals surface area contributed by atoms with Gasteiger partial charge in [0.1, 0.15) is 10.7 Å². The van der Waals surface area contributed by atoms with Gasteiger partial charge in [0, 0.05) is 12.6 Å². The normalized spacial score (nSPS) is 15.6. The van der Waals surface area contributed by atoms with Crippen molar-refractivity contribution < 1.29 is 4.79 Å². The number of thiazole rings is 1. The minimum atomic E-state index is -0.103. The first-order valence-corrected chi connectivity index (χ1v) is 8.69. The zero-order valence-electron chi connectivity index (χ0n) is 12.9. The Labute approximate surface area is 130 Å². The Morgan fingerprint density at radius 2 is 2.14 bits per heavy atom. The van der Waals surface area contributed by atoms with Crippen molar-refractivity contribution in [3.63, 3.8) is 0 Å². The van der Waals surface area contributed by atoms with E-state index in [1.165, 1.54) is 43.4 Å². The molecule has 21 heavy (non-hydrogen) atoms. The lowest BCUT2D eigenvalue weighted by Gasteiger charge is -2.08. The van der Waals surface area contributed by atoms with Crippen LogP contribution in [0.5, 0.6) is 0 Å². The Bertz CT molecular complexity index is 466. The van der Waals surface area contributed by atoms with Crippen molar-refractivity contribution in [1.29, 1.82) is 0 Å². The second-order valence-corrected chi connectivity index (χ2v) is 7.08. The molecule has 0 atom stereocenters. The van der Waals surface area contributed by atoms with Crippen molar-refractivity contribution >= 4 is 28.2 Å². The fraction of sp³-hybridized carbons (Fsp3) is 0.733. The lowest BCUT2D eigenvalue weighted by Crippen LogP contribution is -2.24. The second-order valence-electron chi connectivity index (χ2n) is 6.08. The number of amides is 1. The van der Waals surface area contributed by atoms with Gasteiger partial charge in [0.15, 0.2) is 5.13 Å². The van der Waals surface area contributed by atoms with Gasteiger partial charge in [-0.15, -0.1) is 0 Å². The molecule has 0 aliphatic heterocycles. The van der Waals surface area contributed by atoms with E-state index in [0.717, 1.165) is 18.9 Å². The summed E-state index contributed by atoms with van der Waals surface area (Å²) < 4.78 is 0. The number of hydrogen-bond donors (Lipinski definition) is 3. The molecule has 1 aromatic rings. The molecule has 1 aliphatic rings. The summed E-state index contributed by atoms with van der Waals surface area (Å²) in [6, 6.07) is 0.276. The van der Waals surface area contributed by atoms with E-state index in [0.29, 0.717) is 15.8 Å². The van der Waals surface area contributed by atoms with Crippen LogP contribution in [0.4, 0.5) is 10.9 Å². The van der Waals surface area contributed by atoms with Crippen LogP contribution in [0.1, 0.15) is 62.0 Å². The maximum absolute atomic E-state index is 12.1. The number of carbonyl (C=O) groups excluding carboxylic acids is 1. The number of carbonyl (C=O) groups is 1. The molecular weight excluding hydrogens is 284 g/mol. The molecule has 0 aromatic carbocycles. The fourth-order valence-corrected chi connectivity index (χ4v) is 3.72. The van der Waals surface area contributed by atoms with Crippen molar-refractivity contribution in [3.8, 4) is 0 Å². The molecule has 4 N–H and O–H groups in total. The molecule has 0 spiro atoms. The number of nitrogen functional groups attached to an aromatic ring is 1. The smallest absolute Gasteiger partial charge is 0.265 e. The summed E-state index contributed by atoms with van der Waals surface area (Å²) in [5.41, 5.74) is 5.82. The van der Waals surface area contributed by atoms with Crippen LogP contribution < -0.4 is 16.4 Å². The summed E-state index contributed by atoms with van der Waals surface area (Å²) in [5.74, 6) is 1.09. The molecule has 2 rings (SSSR count). The third-order valence-corrected chi connectivity index (χ3v) is 4.82. The number of rotatable bonds is 7. The Hall–Kier alpha value is -1.30. The van der Waals surface area contributed by atoms with E-state index in [4.69, 9.17) is 5.73 Å². The second kappa shape index (κ2) is 7.64. The predicted molar refractivity (Wildman–Crippen MR) is 88.8 cm³/mol. The predicted octanol–water partition coefficient (Wildman–Crippen LogP) is 3.25. The number of nitrogens with zero attached hydrogens (tertiary/aromatic N) is 1. The number of aromatic nitrogens is 1. The number of hydrogen-bond acceptors (Lipinski definition) is 5. The molecule has 5 nitrogen and oxygen atoms in total. The van der Waals surface area contributed by atoms with Gasteiger partial charge in [-0.05, 0) is 32.6 Å². The molecule has 1 aliphatic carbocycles. The zero-order chi connectivity index (χ0) is 15.2. The van der Waals surface area contributed by atoms with Crippen LogP contribution in [0, 0.1) is 5.92 Å². The van der Waals surface area contributed by atoms with Gasteiger partial charge in [-0.25, -0.2) is 4.98 Å². The average molecular weight is 310 g/mol. The molecule has 118 valence electrons. The Morgan fingerprint density at radius 3 is 2.81 bits per heavy atom. The summed E-state index contributed by atoms with van der Waals surface area (Å²) in [6.07, 6.45) is 7.74. The quantitative estimate of drug-likeness (QED) is 0.675. The fourth-order valence-electron chi connectivity index (χ4n) is 2.78. The van der Waals surface area contributed by atoms with Crippen LogP contribution in [0.2, 0.25) is 0 Å². The minimum absolute atomic E-state index is 0.103. The van der Waals surface area contributed by atoms with Gasteiger partial charge >= 0.3 is 0 Å². The van der Waals surface area contributed by atoms with Crippen molar-refractivity contribution in [2.45, 2.75) is 58.4 Å². The van der Waals surface area contributed by atoms with Gasteiger partial charge in [0.2, 0.25) is 0 Å². The lowest BCUT2D eigenvalue weighted by molar-refractivity contribution is 0.0957. The van der Waals surface area contributed by atoms with Crippen LogP contribution in [0.3, 0.4) is 0 Å². The Balaban J connectivity index is 1.75. The Kier molecular flexibility index (Phi) is 5.85. The summed E-state index contributed by atoms with van der Waals surface area (Å²) in [6.45, 7) is 4.78. The highest BCUT2D eigenvalue weighted by Crippen LogP contribution is 2.28. The number of nitrogens with two attached hydrogens (primary N) is 1. The molecule has 1 saturated carbocycles. The number of anilines is 2. The molecule has 6 heteroatoms. The van der Waals surface area contributed by atoms with Crippen molar-refractivity contribution in [3.05, 3.63) is 4.88 Å². The maximum Gasteiger partial charge on any atom is 0.265 e. The van der Waals surface area contributed by atoms with Crippen LogP contribution in [0.15, 0.2) is 0 Å². The highest BCUT2D eigenvalue weighted by molar-refractivity contribution is 7.18. The number of nitrogens with one attached hydrogen (secondary N) is 2. The first-order chi connectivity index (χ1) is 10.1. The van der Waals surface area contributed by atoms with Crippen molar-refractivity contribution in [2.75, 3.05) is 17.6 Å². The first kappa shape index (κ1) is 16.1. The highest BCUT2D eigenvalue weighted by Gasteiger charge is 2.17. The van der Waals surface area contributed by atoms with Gasteiger partial charge in [0.25, 0.3) is 5.91 Å².